The molecule has 4 aromatic rings. The Labute approximate surface area is 345 Å². The van der Waals surface area contributed by atoms with E-state index in [1.165, 1.54) is 49.8 Å². The lowest BCUT2D eigenvalue weighted by Crippen LogP contribution is -2.29. The van der Waals surface area contributed by atoms with Crippen LogP contribution in [0.15, 0.2) is 91.7 Å². The number of nitrogens with one attached hydrogen (secondary N) is 6. The number of para-hydroxylation sites is 2. The molecule has 59 heavy (non-hydrogen) atoms. The van der Waals surface area contributed by atoms with Crippen molar-refractivity contribution in [1.82, 2.24) is 31.6 Å². The van der Waals surface area contributed by atoms with Crippen LogP contribution in [0.25, 0.3) is 0 Å². The first-order chi connectivity index (χ1) is 28.5. The van der Waals surface area contributed by atoms with Crippen LogP contribution in [0.1, 0.15) is 82.1 Å². The Morgan fingerprint density at radius 3 is 1.41 bits per heavy atom. The number of hydrogen-bond donors (Lipinski definition) is 6. The first-order valence-electron chi connectivity index (χ1n) is 18.0. The number of nitrogens with zero attached hydrogens (tertiary/aromatic N) is 2. The van der Waals surface area contributed by atoms with Gasteiger partial charge in [0.25, 0.3) is 11.8 Å². The van der Waals surface area contributed by atoms with Crippen molar-refractivity contribution in [2.45, 2.75) is 19.3 Å². The lowest BCUT2D eigenvalue weighted by Gasteiger charge is -2.11. The maximum atomic E-state index is 12.7. The van der Waals surface area contributed by atoms with Crippen molar-refractivity contribution < 1.29 is 47.4 Å². The molecule has 2 aromatic carbocycles. The summed E-state index contributed by atoms with van der Waals surface area (Å²) in [4.78, 5) is 97.4. The summed E-state index contributed by atoms with van der Waals surface area (Å²) in [6.07, 6.45) is 4.38. The fourth-order valence-electron chi connectivity index (χ4n) is 5.31. The van der Waals surface area contributed by atoms with Crippen LogP contribution in [-0.2, 0) is 0 Å². The number of carbonyl (C=O) groups excluding carboxylic acids is 8. The van der Waals surface area contributed by atoms with Gasteiger partial charge in [-0.1, -0.05) is 46.7 Å². The third-order valence-corrected chi connectivity index (χ3v) is 10.4. The number of amides is 6. The Kier molecular flexibility index (Phi) is 15.5. The maximum absolute atomic E-state index is 12.7. The van der Waals surface area contributed by atoms with E-state index in [1.54, 1.807) is 24.3 Å². The highest BCUT2D eigenvalue weighted by atomic mass is 32.2. The lowest BCUT2D eigenvalue weighted by molar-refractivity contribution is 0.0940. The number of hydrogen-bond acceptors (Lipinski definition) is 14. The van der Waals surface area contributed by atoms with Gasteiger partial charge in [-0.2, -0.15) is 0 Å². The Hall–Kier alpha value is -6.80. The highest BCUT2D eigenvalue weighted by Crippen LogP contribution is 2.32. The summed E-state index contributed by atoms with van der Waals surface area (Å²) in [5, 5.41) is 22.7. The minimum absolute atomic E-state index is 0.0939. The zero-order valence-corrected chi connectivity index (χ0v) is 33.3. The van der Waals surface area contributed by atoms with Crippen LogP contribution in [0.5, 0.6) is 0 Å². The van der Waals surface area contributed by atoms with Crippen molar-refractivity contribution in [2.75, 3.05) is 49.3 Å². The Morgan fingerprint density at radius 1 is 0.576 bits per heavy atom. The number of thioether (sulfide) groups is 2. The molecule has 6 rings (SSSR count). The molecule has 2 heterocycles. The highest BCUT2D eigenvalue weighted by molar-refractivity contribution is 8.04. The minimum Gasteiger partial charge on any atom is -0.354 e. The molecule has 18 nitrogen and oxygen atoms in total. The lowest BCUT2D eigenvalue weighted by atomic mass is 10.00. The second-order valence-corrected chi connectivity index (χ2v) is 14.6. The quantitative estimate of drug-likeness (QED) is 0.0873. The molecule has 0 aliphatic heterocycles. The Bertz CT molecular complexity index is 2310. The fraction of sp³-hybridized carbons (Fsp3) is 0.231. The smallest absolute Gasteiger partial charge is 0.319 e. The van der Waals surface area contributed by atoms with Crippen molar-refractivity contribution >= 4 is 81.9 Å². The summed E-state index contributed by atoms with van der Waals surface area (Å²) in [5.74, 6) is -2.49. The van der Waals surface area contributed by atoms with E-state index in [0.29, 0.717) is 55.2 Å². The van der Waals surface area contributed by atoms with E-state index in [-0.39, 0.29) is 55.9 Å². The monoisotopic (exact) mass is 842 g/mol. The first-order valence-corrected chi connectivity index (χ1v) is 20.0. The molecular weight excluding hydrogens is 805 g/mol. The molecule has 306 valence electrons. The molecular formula is C39H38N8O10S2. The highest BCUT2D eigenvalue weighted by Gasteiger charge is 2.37. The van der Waals surface area contributed by atoms with Crippen molar-refractivity contribution in [3.05, 3.63) is 117 Å². The molecule has 20 heteroatoms. The summed E-state index contributed by atoms with van der Waals surface area (Å²) >= 11 is 2.40. The number of ketones is 4. The Balaban J connectivity index is 0.000000224. The van der Waals surface area contributed by atoms with Gasteiger partial charge in [0.15, 0.2) is 11.4 Å². The van der Waals surface area contributed by atoms with Gasteiger partial charge in [-0.05, 0) is 55.0 Å². The van der Waals surface area contributed by atoms with E-state index in [4.69, 9.17) is 9.05 Å². The third kappa shape index (κ3) is 11.4. The normalized spacial score (nSPS) is 12.8. The molecule has 6 amide bonds. The van der Waals surface area contributed by atoms with Gasteiger partial charge in [0.05, 0.1) is 9.81 Å². The largest absolute Gasteiger partial charge is 0.354 e. The van der Waals surface area contributed by atoms with Crippen LogP contribution in [0.3, 0.4) is 0 Å². The van der Waals surface area contributed by atoms with E-state index in [2.05, 4.69) is 42.2 Å². The molecule has 2 aliphatic carbocycles. The summed E-state index contributed by atoms with van der Waals surface area (Å²) < 4.78 is 9.75. The number of allylic oxidation sites excluding steroid dienone is 4. The number of aromatic nitrogens is 2. The molecule has 0 fully saturated rings. The van der Waals surface area contributed by atoms with Crippen LogP contribution in [0.2, 0.25) is 0 Å². The topological polar surface area (TPSA) is 261 Å². The van der Waals surface area contributed by atoms with Gasteiger partial charge in [0.2, 0.25) is 34.7 Å². The third-order valence-electron chi connectivity index (χ3n) is 8.18. The molecule has 2 aromatic heterocycles. The molecule has 6 N–H and O–H groups in total. The molecule has 0 unspecified atom stereocenters. The number of fused-ring (bicyclic) bond motifs is 2. The van der Waals surface area contributed by atoms with Crippen LogP contribution in [0, 0.1) is 0 Å². The first kappa shape index (κ1) is 43.3. The summed E-state index contributed by atoms with van der Waals surface area (Å²) in [6, 6.07) is 17.6. The second-order valence-electron chi connectivity index (χ2n) is 12.3. The van der Waals surface area contributed by atoms with Gasteiger partial charge in [-0.25, -0.2) is 9.59 Å². The molecule has 0 bridgehead atoms. The minimum atomic E-state index is -0.601. The SMILES string of the molecule is CNC(=O)c1noc2c1C(=O)C(SCCCCNC(=O)Nc1ccccc1)=CC2=O.CNC(=O)c1noc2c1C(=O)C(SCCCNC(=O)Nc1ccccc1)=CC2=O. The van der Waals surface area contributed by atoms with Crippen molar-refractivity contribution in [3.63, 3.8) is 0 Å². The van der Waals surface area contributed by atoms with Crippen molar-refractivity contribution in [1.29, 1.82) is 0 Å². The molecule has 0 saturated heterocycles. The number of carbonyl (C=O) groups is 8. The van der Waals surface area contributed by atoms with E-state index < -0.39 is 34.9 Å². The van der Waals surface area contributed by atoms with Crippen molar-refractivity contribution in [2.24, 2.45) is 0 Å². The standard InChI is InChI=1S/C20H20N4O5S.C19H18N4O5S/c1-21-19(27)16-15-17(26)14(11-13(25)18(15)29-24-16)30-10-6-5-9-22-20(28)23-12-7-3-2-4-8-12;1-20-18(26)15-14-16(25)13(10-12(24)17(14)28-23-15)29-9-5-8-21-19(27)22-11-6-3-2-4-7-11/h2-4,7-8,11H,5-6,9-10H2,1H3,(H,21,27)(H2,22,23,28);2-4,6-7,10H,5,8-9H2,1H3,(H,20,26)(H2,21,22,27). The summed E-state index contributed by atoms with van der Waals surface area (Å²) in [5.41, 5.74) is 0.801. The summed E-state index contributed by atoms with van der Waals surface area (Å²) in [6.45, 7) is 0.866. The van der Waals surface area contributed by atoms with Gasteiger partial charge in [-0.3, -0.25) is 28.8 Å². The zero-order chi connectivity index (χ0) is 42.3. The number of benzene rings is 2. The molecule has 0 radical (unpaired) electrons. The predicted molar refractivity (Wildman–Crippen MR) is 219 cm³/mol. The van der Waals surface area contributed by atoms with E-state index in [9.17, 15) is 38.4 Å². The van der Waals surface area contributed by atoms with Gasteiger partial charge in [0, 0.05) is 50.7 Å². The zero-order valence-electron chi connectivity index (χ0n) is 31.7. The molecule has 2 aliphatic rings. The van der Waals surface area contributed by atoms with Gasteiger partial charge in [-0.15, -0.1) is 23.5 Å². The van der Waals surface area contributed by atoms with Crippen LogP contribution in [0.4, 0.5) is 21.0 Å². The van der Waals surface area contributed by atoms with Crippen LogP contribution >= 0.6 is 23.5 Å². The number of rotatable bonds is 15. The second kappa shape index (κ2) is 21.1. The van der Waals surface area contributed by atoms with Gasteiger partial charge >= 0.3 is 12.1 Å². The average Bonchev–Trinajstić information content (AvgIpc) is 3.90. The number of unbranched alkanes of at least 4 members (excludes halogenated alkanes) is 1. The van der Waals surface area contributed by atoms with E-state index in [0.717, 1.165) is 0 Å². The summed E-state index contributed by atoms with van der Waals surface area (Å²) in [7, 11) is 2.79. The fourth-order valence-corrected chi connectivity index (χ4v) is 7.23. The molecule has 0 atom stereocenters. The number of urea groups is 2. The maximum Gasteiger partial charge on any atom is 0.319 e. The predicted octanol–water partition coefficient (Wildman–Crippen LogP) is 4.87. The van der Waals surface area contributed by atoms with E-state index >= 15 is 0 Å². The number of Topliss-reactive ketones (excluding diaryl/α,β-unsaturated/α-hetero) is 2. The van der Waals surface area contributed by atoms with Crippen molar-refractivity contribution in [3.8, 4) is 0 Å². The average molecular weight is 843 g/mol. The van der Waals surface area contributed by atoms with E-state index in [1.807, 2.05) is 36.4 Å². The number of anilines is 2. The van der Waals surface area contributed by atoms with Crippen LogP contribution in [-0.4, -0.2) is 96.0 Å². The molecule has 0 spiro atoms. The molecule has 0 saturated carbocycles. The van der Waals surface area contributed by atoms with Crippen LogP contribution < -0.4 is 31.9 Å². The Morgan fingerprint density at radius 2 is 0.983 bits per heavy atom. The van der Waals surface area contributed by atoms with Gasteiger partial charge < -0.3 is 40.9 Å². The van der Waals surface area contributed by atoms with Gasteiger partial charge in [0.1, 0.15) is 11.1 Å².